The molecule has 0 amide bonds. The van der Waals surface area contributed by atoms with Crippen molar-refractivity contribution >= 4 is 15.9 Å². The summed E-state index contributed by atoms with van der Waals surface area (Å²) in [4.78, 5) is 0. The summed E-state index contributed by atoms with van der Waals surface area (Å²) in [6.07, 6.45) is 4.15. The third-order valence-corrected chi connectivity index (χ3v) is 4.42. The van der Waals surface area contributed by atoms with Crippen molar-refractivity contribution in [3.63, 3.8) is 0 Å². The lowest BCUT2D eigenvalue weighted by molar-refractivity contribution is 0.0857. The summed E-state index contributed by atoms with van der Waals surface area (Å²) in [6.45, 7) is 4.32. The Balaban J connectivity index is 1.64. The van der Waals surface area contributed by atoms with E-state index in [9.17, 15) is 0 Å². The number of rotatable bonds is 5. The molecule has 70 valence electrons. The molecule has 2 aliphatic carbocycles. The highest BCUT2D eigenvalue weighted by molar-refractivity contribution is 9.09. The second-order valence-electron chi connectivity index (χ2n) is 4.56. The Morgan fingerprint density at radius 2 is 2.17 bits per heavy atom. The summed E-state index contributed by atoms with van der Waals surface area (Å²) in [5, 5.41) is 1.12. The van der Waals surface area contributed by atoms with Gasteiger partial charge in [-0.3, -0.25) is 0 Å². The third-order valence-electron chi connectivity index (χ3n) is 3.30. The van der Waals surface area contributed by atoms with Crippen LogP contribution in [0.4, 0.5) is 0 Å². The number of hydrogen-bond acceptors (Lipinski definition) is 1. The molecule has 0 spiro atoms. The molecule has 0 radical (unpaired) electrons. The molecule has 0 aromatic rings. The van der Waals surface area contributed by atoms with Gasteiger partial charge < -0.3 is 4.74 Å². The van der Waals surface area contributed by atoms with E-state index in [2.05, 4.69) is 22.9 Å². The fraction of sp³-hybridized carbons (Fsp3) is 1.00. The molecule has 0 aromatic heterocycles. The lowest BCUT2D eigenvalue weighted by Crippen LogP contribution is -2.15. The summed E-state index contributed by atoms with van der Waals surface area (Å²) >= 11 is 3.58. The van der Waals surface area contributed by atoms with Crippen molar-refractivity contribution < 1.29 is 4.74 Å². The molecule has 0 bridgehead atoms. The van der Waals surface area contributed by atoms with Gasteiger partial charge in [0, 0.05) is 17.4 Å². The first kappa shape index (κ1) is 9.01. The molecule has 2 saturated carbocycles. The van der Waals surface area contributed by atoms with E-state index in [0.29, 0.717) is 5.41 Å². The maximum Gasteiger partial charge on any atom is 0.0533 e. The van der Waals surface area contributed by atoms with E-state index in [1.807, 2.05) is 0 Å². The molecule has 2 rings (SSSR count). The minimum atomic E-state index is 0.509. The molecule has 2 fully saturated rings. The Labute approximate surface area is 83.0 Å². The number of ether oxygens (including phenoxy) is 1. The van der Waals surface area contributed by atoms with Gasteiger partial charge >= 0.3 is 0 Å². The summed E-state index contributed by atoms with van der Waals surface area (Å²) in [5.41, 5.74) is 0.509. The molecular formula is C10H17BrO. The van der Waals surface area contributed by atoms with Crippen LogP contribution in [0, 0.1) is 17.3 Å². The molecule has 2 heteroatoms. The summed E-state index contributed by atoms with van der Waals surface area (Å²) < 4.78 is 5.72. The van der Waals surface area contributed by atoms with Crippen molar-refractivity contribution in [1.29, 1.82) is 0 Å². The maximum atomic E-state index is 5.72. The molecule has 2 atom stereocenters. The predicted molar refractivity (Wildman–Crippen MR) is 53.6 cm³/mol. The zero-order chi connectivity index (χ0) is 8.60. The smallest absolute Gasteiger partial charge is 0.0533 e. The summed E-state index contributed by atoms with van der Waals surface area (Å²) in [5.74, 6) is 1.78. The molecule has 2 aliphatic rings. The number of alkyl halides is 1. The molecule has 0 heterocycles. The second kappa shape index (κ2) is 3.30. The summed E-state index contributed by atoms with van der Waals surface area (Å²) in [6, 6.07) is 0. The SMILES string of the molecule is CC1CC1(CBr)COCC1CC1. The van der Waals surface area contributed by atoms with E-state index in [4.69, 9.17) is 4.74 Å². The fourth-order valence-corrected chi connectivity index (χ4v) is 2.63. The van der Waals surface area contributed by atoms with Gasteiger partial charge in [0.2, 0.25) is 0 Å². The Morgan fingerprint density at radius 3 is 2.58 bits per heavy atom. The minimum Gasteiger partial charge on any atom is -0.381 e. The third kappa shape index (κ3) is 1.85. The highest BCUT2D eigenvalue weighted by Gasteiger charge is 2.50. The van der Waals surface area contributed by atoms with Gasteiger partial charge in [-0.15, -0.1) is 0 Å². The molecule has 2 unspecified atom stereocenters. The van der Waals surface area contributed by atoms with Gasteiger partial charge in [0.1, 0.15) is 0 Å². The molecular weight excluding hydrogens is 216 g/mol. The first-order chi connectivity index (χ1) is 5.77. The molecule has 12 heavy (non-hydrogen) atoms. The number of hydrogen-bond donors (Lipinski definition) is 0. The van der Waals surface area contributed by atoms with Crippen molar-refractivity contribution in [3.05, 3.63) is 0 Å². The molecule has 0 N–H and O–H groups in total. The standard InChI is InChI=1S/C10H17BrO/c1-8-4-10(8,6-11)7-12-5-9-2-3-9/h8-9H,2-7H2,1H3. The van der Waals surface area contributed by atoms with E-state index >= 15 is 0 Å². The highest BCUT2D eigenvalue weighted by Crippen LogP contribution is 2.53. The van der Waals surface area contributed by atoms with Gasteiger partial charge in [-0.25, -0.2) is 0 Å². The molecule has 0 aliphatic heterocycles. The van der Waals surface area contributed by atoms with Crippen LogP contribution in [0.2, 0.25) is 0 Å². The Morgan fingerprint density at radius 1 is 1.50 bits per heavy atom. The van der Waals surface area contributed by atoms with Gasteiger partial charge in [-0.2, -0.15) is 0 Å². The van der Waals surface area contributed by atoms with Crippen molar-refractivity contribution in [2.75, 3.05) is 18.5 Å². The average Bonchev–Trinajstić information content (AvgIpc) is 2.92. The first-order valence-electron chi connectivity index (χ1n) is 4.90. The second-order valence-corrected chi connectivity index (χ2v) is 5.12. The van der Waals surface area contributed by atoms with E-state index in [-0.39, 0.29) is 0 Å². The van der Waals surface area contributed by atoms with Crippen LogP contribution in [0.1, 0.15) is 26.2 Å². The normalized spacial score (nSPS) is 40.0. The zero-order valence-electron chi connectivity index (χ0n) is 7.68. The highest BCUT2D eigenvalue weighted by atomic mass is 79.9. The summed E-state index contributed by atoms with van der Waals surface area (Å²) in [7, 11) is 0. The van der Waals surface area contributed by atoms with Crippen molar-refractivity contribution in [2.45, 2.75) is 26.2 Å². The largest absolute Gasteiger partial charge is 0.381 e. The minimum absolute atomic E-state index is 0.509. The quantitative estimate of drug-likeness (QED) is 0.663. The van der Waals surface area contributed by atoms with E-state index in [1.54, 1.807) is 0 Å². The lowest BCUT2D eigenvalue weighted by Gasteiger charge is -2.12. The topological polar surface area (TPSA) is 9.23 Å². The molecule has 1 nitrogen and oxygen atoms in total. The van der Waals surface area contributed by atoms with E-state index < -0.39 is 0 Å². The van der Waals surface area contributed by atoms with Gasteiger partial charge in [-0.05, 0) is 31.1 Å². The molecule has 0 saturated heterocycles. The lowest BCUT2D eigenvalue weighted by atomic mass is 10.1. The van der Waals surface area contributed by atoms with Crippen LogP contribution in [0.5, 0.6) is 0 Å². The van der Waals surface area contributed by atoms with Crippen LogP contribution in [0.15, 0.2) is 0 Å². The first-order valence-corrected chi connectivity index (χ1v) is 6.03. The average molecular weight is 233 g/mol. The maximum absolute atomic E-state index is 5.72. The van der Waals surface area contributed by atoms with Gasteiger partial charge in [0.25, 0.3) is 0 Å². The Bertz CT molecular complexity index is 163. The molecule has 0 aromatic carbocycles. The Hall–Kier alpha value is 0.440. The Kier molecular flexibility index (Phi) is 2.48. The monoisotopic (exact) mass is 232 g/mol. The van der Waals surface area contributed by atoms with E-state index in [1.165, 1.54) is 19.3 Å². The van der Waals surface area contributed by atoms with Gasteiger partial charge in [0.05, 0.1) is 6.61 Å². The van der Waals surface area contributed by atoms with Crippen LogP contribution in [-0.4, -0.2) is 18.5 Å². The van der Waals surface area contributed by atoms with Crippen LogP contribution in [0.25, 0.3) is 0 Å². The van der Waals surface area contributed by atoms with Crippen LogP contribution >= 0.6 is 15.9 Å². The van der Waals surface area contributed by atoms with Crippen LogP contribution < -0.4 is 0 Å². The van der Waals surface area contributed by atoms with Gasteiger partial charge in [0.15, 0.2) is 0 Å². The van der Waals surface area contributed by atoms with Crippen LogP contribution in [0.3, 0.4) is 0 Å². The zero-order valence-corrected chi connectivity index (χ0v) is 9.27. The number of halogens is 1. The van der Waals surface area contributed by atoms with Crippen molar-refractivity contribution in [2.24, 2.45) is 17.3 Å². The fourth-order valence-electron chi connectivity index (χ4n) is 1.69. The van der Waals surface area contributed by atoms with Crippen molar-refractivity contribution in [1.82, 2.24) is 0 Å². The van der Waals surface area contributed by atoms with Gasteiger partial charge in [-0.1, -0.05) is 22.9 Å². The predicted octanol–water partition coefficient (Wildman–Crippen LogP) is 2.83. The van der Waals surface area contributed by atoms with Crippen molar-refractivity contribution in [3.8, 4) is 0 Å². The van der Waals surface area contributed by atoms with Crippen LogP contribution in [-0.2, 0) is 4.74 Å². The van der Waals surface area contributed by atoms with E-state index in [0.717, 1.165) is 30.4 Å².